The Morgan fingerprint density at radius 3 is 2.90 bits per heavy atom. The lowest BCUT2D eigenvalue weighted by Gasteiger charge is -2.07. The number of hydrogen-bond donors (Lipinski definition) is 2. The highest BCUT2D eigenvalue weighted by atomic mass is 35.5. The third-order valence-electron chi connectivity index (χ3n) is 2.39. The number of carbonyl (C=O) groups is 1. The molecule has 106 valence electrons. The van der Waals surface area contributed by atoms with Gasteiger partial charge in [0.05, 0.1) is 10.6 Å². The molecule has 0 aliphatic rings. The molecular formula is C12H14ClN5OS. The van der Waals surface area contributed by atoms with Gasteiger partial charge in [0.15, 0.2) is 0 Å². The summed E-state index contributed by atoms with van der Waals surface area (Å²) in [6.45, 7) is 4.59. The number of aryl methyl sites for hydroxylation is 1. The lowest BCUT2D eigenvalue weighted by atomic mass is 10.2. The normalized spacial score (nSPS) is 10.3. The summed E-state index contributed by atoms with van der Waals surface area (Å²) in [7, 11) is 0. The quantitative estimate of drug-likeness (QED) is 0.887. The van der Waals surface area contributed by atoms with E-state index in [0.717, 1.165) is 24.5 Å². The molecule has 6 nitrogen and oxygen atoms in total. The molecule has 0 saturated heterocycles. The van der Waals surface area contributed by atoms with Crippen LogP contribution in [0, 0.1) is 6.92 Å². The number of nitrogens with zero attached hydrogens (tertiary/aromatic N) is 3. The smallest absolute Gasteiger partial charge is 0.259 e. The van der Waals surface area contributed by atoms with Crippen molar-refractivity contribution >= 4 is 40.0 Å². The first-order valence-corrected chi connectivity index (χ1v) is 7.26. The molecule has 2 heterocycles. The Kier molecular flexibility index (Phi) is 4.86. The van der Waals surface area contributed by atoms with E-state index in [9.17, 15) is 4.79 Å². The Morgan fingerprint density at radius 1 is 1.50 bits per heavy atom. The van der Waals surface area contributed by atoms with E-state index in [0.29, 0.717) is 27.4 Å². The van der Waals surface area contributed by atoms with E-state index in [4.69, 9.17) is 11.6 Å². The number of halogens is 1. The molecular weight excluding hydrogens is 298 g/mol. The van der Waals surface area contributed by atoms with E-state index < -0.39 is 0 Å². The van der Waals surface area contributed by atoms with E-state index in [1.54, 1.807) is 13.0 Å². The molecule has 1 amide bonds. The SMILES string of the molecule is CCCNc1ncc(C(=O)Nc2nc(C)ns2)cc1Cl. The first-order valence-electron chi connectivity index (χ1n) is 6.11. The molecule has 2 aromatic heterocycles. The molecule has 8 heteroatoms. The maximum atomic E-state index is 12.0. The zero-order valence-corrected chi connectivity index (χ0v) is 12.7. The molecule has 0 atom stereocenters. The van der Waals surface area contributed by atoms with Crippen LogP contribution in [0.5, 0.6) is 0 Å². The van der Waals surface area contributed by atoms with Gasteiger partial charge in [0.2, 0.25) is 5.13 Å². The summed E-state index contributed by atoms with van der Waals surface area (Å²) in [5.41, 5.74) is 0.380. The summed E-state index contributed by atoms with van der Waals surface area (Å²) >= 11 is 7.22. The van der Waals surface area contributed by atoms with Gasteiger partial charge in [-0.3, -0.25) is 10.1 Å². The van der Waals surface area contributed by atoms with Crippen LogP contribution in [0.1, 0.15) is 29.5 Å². The van der Waals surface area contributed by atoms with Crippen molar-refractivity contribution in [1.82, 2.24) is 14.3 Å². The number of anilines is 2. The summed E-state index contributed by atoms with van der Waals surface area (Å²) < 4.78 is 3.99. The van der Waals surface area contributed by atoms with Gasteiger partial charge in [0.1, 0.15) is 11.6 Å². The Hall–Kier alpha value is -1.73. The lowest BCUT2D eigenvalue weighted by molar-refractivity contribution is 0.102. The lowest BCUT2D eigenvalue weighted by Crippen LogP contribution is -2.13. The fourth-order valence-electron chi connectivity index (χ4n) is 1.45. The first kappa shape index (κ1) is 14.7. The topological polar surface area (TPSA) is 79.8 Å². The van der Waals surface area contributed by atoms with Gasteiger partial charge in [0, 0.05) is 24.3 Å². The summed E-state index contributed by atoms with van der Waals surface area (Å²) in [5.74, 6) is 0.898. The largest absolute Gasteiger partial charge is 0.369 e. The Labute approximate surface area is 125 Å². The van der Waals surface area contributed by atoms with Gasteiger partial charge in [0.25, 0.3) is 5.91 Å². The van der Waals surface area contributed by atoms with Crippen molar-refractivity contribution in [1.29, 1.82) is 0 Å². The highest BCUT2D eigenvalue weighted by molar-refractivity contribution is 7.09. The van der Waals surface area contributed by atoms with Gasteiger partial charge in [-0.25, -0.2) is 9.97 Å². The molecule has 0 aliphatic heterocycles. The van der Waals surface area contributed by atoms with Gasteiger partial charge >= 0.3 is 0 Å². The van der Waals surface area contributed by atoms with E-state index in [1.165, 1.54) is 6.20 Å². The van der Waals surface area contributed by atoms with Crippen molar-refractivity contribution in [2.24, 2.45) is 0 Å². The fraction of sp³-hybridized carbons (Fsp3) is 0.333. The van der Waals surface area contributed by atoms with Gasteiger partial charge in [-0.15, -0.1) is 0 Å². The molecule has 20 heavy (non-hydrogen) atoms. The molecule has 0 bridgehead atoms. The van der Waals surface area contributed by atoms with Crippen LogP contribution in [-0.4, -0.2) is 26.8 Å². The molecule has 0 fully saturated rings. The van der Waals surface area contributed by atoms with Crippen LogP contribution < -0.4 is 10.6 Å². The van der Waals surface area contributed by atoms with Crippen molar-refractivity contribution in [2.45, 2.75) is 20.3 Å². The number of rotatable bonds is 5. The Morgan fingerprint density at radius 2 is 2.30 bits per heavy atom. The molecule has 0 spiro atoms. The van der Waals surface area contributed by atoms with Gasteiger partial charge in [-0.1, -0.05) is 18.5 Å². The van der Waals surface area contributed by atoms with E-state index in [2.05, 4.69) is 25.0 Å². The van der Waals surface area contributed by atoms with Crippen molar-refractivity contribution < 1.29 is 4.79 Å². The number of nitrogens with one attached hydrogen (secondary N) is 2. The molecule has 2 N–H and O–H groups in total. The fourth-order valence-corrected chi connectivity index (χ4v) is 2.26. The minimum absolute atomic E-state index is 0.308. The third-order valence-corrected chi connectivity index (χ3v) is 3.40. The van der Waals surface area contributed by atoms with E-state index >= 15 is 0 Å². The number of hydrogen-bond acceptors (Lipinski definition) is 6. The van der Waals surface area contributed by atoms with Crippen LogP contribution in [0.15, 0.2) is 12.3 Å². The van der Waals surface area contributed by atoms with Crippen LogP contribution in [0.2, 0.25) is 5.02 Å². The molecule has 2 aromatic rings. The molecule has 0 unspecified atom stereocenters. The molecule has 0 radical (unpaired) electrons. The standard InChI is InChI=1S/C12H14ClN5OS/c1-3-4-14-10-9(13)5-8(6-15-10)11(19)17-12-16-7(2)18-20-12/h5-6H,3-4H2,1-2H3,(H,14,15)(H,16,17,18,19). The summed E-state index contributed by atoms with van der Waals surface area (Å²) in [4.78, 5) is 20.2. The van der Waals surface area contributed by atoms with Gasteiger partial charge < -0.3 is 5.32 Å². The average Bonchev–Trinajstić information content (AvgIpc) is 2.82. The Bertz CT molecular complexity index is 616. The van der Waals surface area contributed by atoms with Crippen molar-refractivity contribution in [2.75, 3.05) is 17.2 Å². The van der Waals surface area contributed by atoms with Crippen LogP contribution in [0.25, 0.3) is 0 Å². The maximum Gasteiger partial charge on any atom is 0.259 e. The maximum absolute atomic E-state index is 12.0. The second-order valence-corrected chi connectivity index (χ2v) is 5.24. The van der Waals surface area contributed by atoms with Gasteiger partial charge in [-0.2, -0.15) is 4.37 Å². The van der Waals surface area contributed by atoms with E-state index in [1.807, 2.05) is 6.92 Å². The predicted octanol–water partition coefficient (Wildman–Crippen LogP) is 2.97. The Balaban J connectivity index is 2.08. The summed E-state index contributed by atoms with van der Waals surface area (Å²) in [6.07, 6.45) is 2.45. The predicted molar refractivity (Wildman–Crippen MR) is 80.6 cm³/mol. The monoisotopic (exact) mass is 311 g/mol. The zero-order valence-electron chi connectivity index (χ0n) is 11.1. The number of carbonyl (C=O) groups excluding carboxylic acids is 1. The van der Waals surface area contributed by atoms with Crippen LogP contribution in [0.4, 0.5) is 10.9 Å². The zero-order chi connectivity index (χ0) is 14.5. The third kappa shape index (κ3) is 3.64. The second-order valence-electron chi connectivity index (χ2n) is 4.08. The van der Waals surface area contributed by atoms with Crippen LogP contribution in [0.3, 0.4) is 0 Å². The highest BCUT2D eigenvalue weighted by Crippen LogP contribution is 2.21. The van der Waals surface area contributed by atoms with Crippen LogP contribution in [-0.2, 0) is 0 Å². The summed E-state index contributed by atoms with van der Waals surface area (Å²) in [6, 6.07) is 1.58. The van der Waals surface area contributed by atoms with Crippen molar-refractivity contribution in [3.05, 3.63) is 28.7 Å². The van der Waals surface area contributed by atoms with Crippen LogP contribution >= 0.6 is 23.1 Å². The number of aromatic nitrogens is 3. The van der Waals surface area contributed by atoms with E-state index in [-0.39, 0.29) is 5.91 Å². The van der Waals surface area contributed by atoms with Crippen molar-refractivity contribution in [3.8, 4) is 0 Å². The van der Waals surface area contributed by atoms with Gasteiger partial charge in [-0.05, 0) is 19.4 Å². The molecule has 0 aromatic carbocycles. The summed E-state index contributed by atoms with van der Waals surface area (Å²) in [5, 5.41) is 6.61. The van der Waals surface area contributed by atoms with Crippen molar-refractivity contribution in [3.63, 3.8) is 0 Å². The number of amides is 1. The second kappa shape index (κ2) is 6.62. The minimum atomic E-state index is -0.308. The minimum Gasteiger partial charge on any atom is -0.369 e. The molecule has 2 rings (SSSR count). The average molecular weight is 312 g/mol. The molecule has 0 saturated carbocycles. The molecule has 0 aliphatic carbocycles. The first-order chi connectivity index (χ1) is 9.60. The highest BCUT2D eigenvalue weighted by Gasteiger charge is 2.12. The number of pyridine rings is 1.